The second kappa shape index (κ2) is 11.4. The quantitative estimate of drug-likeness (QED) is 0.171. The van der Waals surface area contributed by atoms with Gasteiger partial charge in [-0.15, -0.1) is 0 Å². The van der Waals surface area contributed by atoms with Crippen molar-refractivity contribution in [3.05, 3.63) is 58.7 Å². The number of benzene rings is 2. The first-order valence-corrected chi connectivity index (χ1v) is 13.1. The third-order valence-corrected chi connectivity index (χ3v) is 7.88. The van der Waals surface area contributed by atoms with Crippen LogP contribution in [-0.4, -0.2) is 120 Å². The van der Waals surface area contributed by atoms with Gasteiger partial charge < -0.3 is 55.4 Å². The maximum Gasteiger partial charge on any atom is 0.147 e. The monoisotopic (exact) mass is 568 g/mol. The Morgan fingerprint density at radius 2 is 1.02 bits per heavy atom. The number of fused-ring (bicyclic) bond motifs is 3. The molecule has 10 atom stereocenters. The van der Waals surface area contributed by atoms with Crippen molar-refractivity contribution in [2.45, 2.75) is 73.6 Å². The Morgan fingerprint density at radius 1 is 0.634 bits per heavy atom. The summed E-state index contributed by atoms with van der Waals surface area (Å²) in [6.07, 6.45) is -13.4. The van der Waals surface area contributed by atoms with E-state index < -0.39 is 79.9 Å². The first-order valence-electron chi connectivity index (χ1n) is 13.1. The van der Waals surface area contributed by atoms with E-state index in [4.69, 9.17) is 9.47 Å². The minimum atomic E-state index is -1.53. The molecular weight excluding hydrogens is 536 g/mol. The highest BCUT2D eigenvalue weighted by Gasteiger charge is 2.44. The van der Waals surface area contributed by atoms with E-state index in [1.807, 2.05) is 0 Å². The van der Waals surface area contributed by atoms with E-state index in [2.05, 4.69) is 23.7 Å². The van der Waals surface area contributed by atoms with Crippen molar-refractivity contribution >= 4 is 0 Å². The number of rotatable bonds is 2. The molecule has 0 spiro atoms. The molecular formula is C30H32O11. The fourth-order valence-corrected chi connectivity index (χ4v) is 5.41. The topological polar surface area (TPSA) is 201 Å². The summed E-state index contributed by atoms with van der Waals surface area (Å²) in [5, 5.41) is 90.7. The van der Waals surface area contributed by atoms with Crippen molar-refractivity contribution in [3.8, 4) is 34.8 Å². The van der Waals surface area contributed by atoms with Crippen LogP contribution in [0.5, 0.6) is 0 Å². The summed E-state index contributed by atoms with van der Waals surface area (Å²) < 4.78 is 10.9. The molecule has 11 nitrogen and oxygen atoms in total. The summed E-state index contributed by atoms with van der Waals surface area (Å²) in [5.41, 5.74) is 2.27. The van der Waals surface area contributed by atoms with Crippen molar-refractivity contribution in [2.75, 3.05) is 13.2 Å². The van der Waals surface area contributed by atoms with E-state index in [1.165, 1.54) is 0 Å². The van der Waals surface area contributed by atoms with Gasteiger partial charge in [0.1, 0.15) is 66.6 Å². The van der Waals surface area contributed by atoms with Gasteiger partial charge in [0.15, 0.2) is 0 Å². The van der Waals surface area contributed by atoms with Gasteiger partial charge in [-0.2, -0.15) is 0 Å². The number of hydrogen-bond acceptors (Lipinski definition) is 11. The molecule has 2 saturated heterocycles. The fraction of sp³-hybridized carbons (Fsp3) is 0.467. The minimum absolute atomic E-state index is 0.497. The zero-order chi connectivity index (χ0) is 29.6. The average molecular weight is 569 g/mol. The van der Waals surface area contributed by atoms with Crippen LogP contribution in [0.2, 0.25) is 0 Å². The van der Waals surface area contributed by atoms with Crippen LogP contribution in [0.4, 0.5) is 0 Å². The zero-order valence-electron chi connectivity index (χ0n) is 22.0. The molecule has 2 aliphatic heterocycles. The van der Waals surface area contributed by atoms with Gasteiger partial charge in [-0.25, -0.2) is 0 Å². The van der Waals surface area contributed by atoms with Crippen LogP contribution >= 0.6 is 0 Å². The van der Waals surface area contributed by atoms with Crippen LogP contribution in [0.1, 0.15) is 29.2 Å². The first kappa shape index (κ1) is 29.6. The lowest BCUT2D eigenvalue weighted by atomic mass is 9.91. The molecule has 2 heterocycles. The van der Waals surface area contributed by atoms with Gasteiger partial charge in [0.25, 0.3) is 0 Å². The smallest absolute Gasteiger partial charge is 0.147 e. The first-order chi connectivity index (χ1) is 19.5. The molecule has 1 aliphatic carbocycles. The summed E-state index contributed by atoms with van der Waals surface area (Å²) in [6.45, 7) is 0.511. The Hall–Kier alpha value is -2.88. The second-order valence-corrected chi connectivity index (χ2v) is 10.6. The molecule has 2 fully saturated rings. The third-order valence-electron chi connectivity index (χ3n) is 7.88. The highest BCUT2D eigenvalue weighted by molar-refractivity contribution is 5.81. The SMILES string of the molecule is CC1(O)c2cc(C#CC3OC(CO)C(O)C(O)C3O)ccc2-c2ccc(C#CC3OC(CO)C(O)C(O)C3O)cc21. The molecule has 2 aromatic rings. The van der Waals surface area contributed by atoms with Gasteiger partial charge in [-0.05, 0) is 53.4 Å². The van der Waals surface area contributed by atoms with Crippen molar-refractivity contribution in [1.82, 2.24) is 0 Å². The molecule has 218 valence electrons. The molecule has 10 unspecified atom stereocenters. The molecule has 5 rings (SSSR count). The molecule has 0 aromatic heterocycles. The molecule has 9 N–H and O–H groups in total. The van der Waals surface area contributed by atoms with E-state index in [0.717, 1.165) is 11.1 Å². The van der Waals surface area contributed by atoms with Gasteiger partial charge >= 0.3 is 0 Å². The lowest BCUT2D eigenvalue weighted by Gasteiger charge is -2.37. The van der Waals surface area contributed by atoms with Gasteiger partial charge in [0.2, 0.25) is 0 Å². The van der Waals surface area contributed by atoms with E-state index in [1.54, 1.807) is 43.3 Å². The summed E-state index contributed by atoms with van der Waals surface area (Å²) in [5.74, 6) is 11.2. The predicted octanol–water partition coefficient (Wildman–Crippen LogP) is -2.69. The lowest BCUT2D eigenvalue weighted by Crippen LogP contribution is -2.58. The highest BCUT2D eigenvalue weighted by Crippen LogP contribution is 2.47. The van der Waals surface area contributed by atoms with Crippen LogP contribution in [0.3, 0.4) is 0 Å². The largest absolute Gasteiger partial charge is 0.394 e. The van der Waals surface area contributed by atoms with Crippen LogP contribution in [-0.2, 0) is 15.1 Å². The Kier molecular flexibility index (Phi) is 8.25. The molecule has 0 amide bonds. The van der Waals surface area contributed by atoms with Gasteiger partial charge in [0.05, 0.1) is 13.2 Å². The van der Waals surface area contributed by atoms with E-state index in [0.29, 0.717) is 22.3 Å². The summed E-state index contributed by atoms with van der Waals surface area (Å²) >= 11 is 0. The zero-order valence-corrected chi connectivity index (χ0v) is 22.0. The average Bonchev–Trinajstić information content (AvgIpc) is 3.19. The Morgan fingerprint density at radius 3 is 1.39 bits per heavy atom. The number of ether oxygens (including phenoxy) is 2. The van der Waals surface area contributed by atoms with Gasteiger partial charge in [-0.1, -0.05) is 35.8 Å². The molecule has 11 heteroatoms. The normalized spacial score (nSPS) is 37.7. The lowest BCUT2D eigenvalue weighted by molar-refractivity contribution is -0.214. The fourth-order valence-electron chi connectivity index (χ4n) is 5.41. The van der Waals surface area contributed by atoms with Crippen LogP contribution in [0, 0.1) is 23.7 Å². The van der Waals surface area contributed by atoms with E-state index >= 15 is 0 Å². The summed E-state index contributed by atoms with van der Waals surface area (Å²) in [7, 11) is 0. The van der Waals surface area contributed by atoms with Gasteiger partial charge in [0, 0.05) is 11.1 Å². The molecule has 0 bridgehead atoms. The number of aliphatic hydroxyl groups excluding tert-OH is 8. The maximum absolute atomic E-state index is 11.5. The van der Waals surface area contributed by atoms with Crippen LogP contribution < -0.4 is 0 Å². The van der Waals surface area contributed by atoms with Crippen molar-refractivity contribution in [1.29, 1.82) is 0 Å². The van der Waals surface area contributed by atoms with Gasteiger partial charge in [-0.3, -0.25) is 0 Å². The predicted molar refractivity (Wildman–Crippen MR) is 142 cm³/mol. The molecule has 41 heavy (non-hydrogen) atoms. The van der Waals surface area contributed by atoms with Crippen molar-refractivity contribution in [2.24, 2.45) is 0 Å². The third kappa shape index (κ3) is 5.28. The van der Waals surface area contributed by atoms with Crippen molar-refractivity contribution < 1.29 is 55.4 Å². The van der Waals surface area contributed by atoms with Crippen molar-refractivity contribution in [3.63, 3.8) is 0 Å². The highest BCUT2D eigenvalue weighted by atomic mass is 16.5. The standard InChI is InChI=1S/C30H32O11/c1-30(39)18-10-14(4-8-20-24(33)28(37)26(35)22(12-31)40-20)2-6-16(18)17-7-3-15(11-19(17)30)5-9-21-25(34)29(38)27(36)23(13-32)41-21/h2-3,6-7,10-11,20-29,31-39H,12-13H2,1H3. The Bertz CT molecular complexity index is 1310. The van der Waals surface area contributed by atoms with E-state index in [9.17, 15) is 46.0 Å². The molecule has 2 aromatic carbocycles. The van der Waals surface area contributed by atoms with Crippen LogP contribution in [0.15, 0.2) is 36.4 Å². The minimum Gasteiger partial charge on any atom is -0.394 e. The number of aliphatic hydroxyl groups is 9. The number of hydrogen-bond donors (Lipinski definition) is 9. The summed E-state index contributed by atoms with van der Waals surface area (Å²) in [6, 6.07) is 10.5. The van der Waals surface area contributed by atoms with E-state index in [-0.39, 0.29) is 0 Å². The maximum atomic E-state index is 11.5. The summed E-state index contributed by atoms with van der Waals surface area (Å²) in [4.78, 5) is 0. The van der Waals surface area contributed by atoms with Crippen LogP contribution in [0.25, 0.3) is 11.1 Å². The molecule has 3 aliphatic rings. The molecule has 0 saturated carbocycles. The second-order valence-electron chi connectivity index (χ2n) is 10.6. The Labute approximate surface area is 235 Å². The molecule has 0 radical (unpaired) electrons. The Balaban J connectivity index is 1.39.